The molecule has 132 valence electrons. The fourth-order valence-corrected chi connectivity index (χ4v) is 2.63. The van der Waals surface area contributed by atoms with E-state index < -0.39 is 29.8 Å². The fraction of sp³-hybridized carbons (Fsp3) is 0.0667. The third-order valence-corrected chi connectivity index (χ3v) is 3.64. The average molecular weight is 406 g/mol. The maximum atomic E-state index is 11.7. The van der Waals surface area contributed by atoms with Crippen LogP contribution in [0.2, 0.25) is 15.1 Å². The Morgan fingerprint density at radius 3 is 2.40 bits per heavy atom. The van der Waals surface area contributed by atoms with Gasteiger partial charge in [0.15, 0.2) is 23.9 Å². The molecule has 0 aromatic heterocycles. The van der Waals surface area contributed by atoms with Gasteiger partial charge < -0.3 is 20.1 Å². The number of phenolic OH excluding ortho intramolecular Hbond substituents is 3. The van der Waals surface area contributed by atoms with E-state index in [1.807, 2.05) is 0 Å². The molecule has 2 aromatic carbocycles. The van der Waals surface area contributed by atoms with Gasteiger partial charge in [-0.15, -0.1) is 0 Å². The minimum Gasteiger partial charge on any atom is -0.504 e. The molecule has 0 aliphatic rings. The van der Waals surface area contributed by atoms with E-state index in [-0.39, 0.29) is 21.4 Å². The second-order valence-corrected chi connectivity index (χ2v) is 5.90. The lowest BCUT2D eigenvalue weighted by atomic mass is 10.2. The zero-order valence-corrected chi connectivity index (χ0v) is 14.6. The van der Waals surface area contributed by atoms with Gasteiger partial charge in [0.2, 0.25) is 5.75 Å². The zero-order valence-electron chi connectivity index (χ0n) is 12.3. The summed E-state index contributed by atoms with van der Waals surface area (Å²) in [5.41, 5.74) is 2.23. The van der Waals surface area contributed by atoms with Crippen molar-refractivity contribution in [2.45, 2.75) is 0 Å². The van der Waals surface area contributed by atoms with Crippen molar-refractivity contribution in [2.24, 2.45) is 5.10 Å². The third-order valence-electron chi connectivity index (χ3n) is 2.86. The molecule has 1 amide bonds. The second-order valence-electron chi connectivity index (χ2n) is 4.65. The van der Waals surface area contributed by atoms with Crippen molar-refractivity contribution >= 4 is 46.9 Å². The van der Waals surface area contributed by atoms with Crippen LogP contribution >= 0.6 is 34.8 Å². The average Bonchev–Trinajstić information content (AvgIpc) is 2.54. The largest absolute Gasteiger partial charge is 0.504 e. The first kappa shape index (κ1) is 19.0. The van der Waals surface area contributed by atoms with Crippen molar-refractivity contribution in [3.63, 3.8) is 0 Å². The van der Waals surface area contributed by atoms with E-state index in [1.165, 1.54) is 18.2 Å². The van der Waals surface area contributed by atoms with Crippen LogP contribution in [-0.2, 0) is 4.79 Å². The first-order chi connectivity index (χ1) is 11.8. The highest BCUT2D eigenvalue weighted by atomic mass is 35.5. The molecule has 10 heteroatoms. The minimum absolute atomic E-state index is 0.0836. The standard InChI is InChI=1S/C15H11Cl3N2O5/c16-8-3-9(17)15(10(18)4-8)25-6-12(22)20-19-5-7-1-2-11(21)14(24)13(7)23/h1-5,21,23-24H,6H2,(H,20,22)/b19-5-. The summed E-state index contributed by atoms with van der Waals surface area (Å²) < 4.78 is 5.21. The van der Waals surface area contributed by atoms with Crippen molar-refractivity contribution in [1.82, 2.24) is 5.43 Å². The van der Waals surface area contributed by atoms with Crippen LogP contribution < -0.4 is 10.2 Å². The van der Waals surface area contributed by atoms with Gasteiger partial charge in [-0.05, 0) is 24.3 Å². The summed E-state index contributed by atoms with van der Waals surface area (Å²) >= 11 is 17.6. The van der Waals surface area contributed by atoms with Crippen LogP contribution in [0.4, 0.5) is 0 Å². The Balaban J connectivity index is 1.95. The first-order valence-corrected chi connectivity index (χ1v) is 7.76. The highest BCUT2D eigenvalue weighted by Gasteiger charge is 2.12. The molecule has 0 saturated heterocycles. The Bertz CT molecular complexity index is 819. The molecule has 2 aromatic rings. The number of carbonyl (C=O) groups is 1. The number of rotatable bonds is 5. The number of hydrogen-bond donors (Lipinski definition) is 4. The lowest BCUT2D eigenvalue weighted by Gasteiger charge is -2.09. The van der Waals surface area contributed by atoms with Crippen LogP contribution in [0.1, 0.15) is 5.56 Å². The molecular formula is C15H11Cl3N2O5. The normalized spacial score (nSPS) is 10.8. The number of aromatic hydroxyl groups is 3. The number of nitrogens with one attached hydrogen (secondary N) is 1. The summed E-state index contributed by atoms with van der Waals surface area (Å²) in [6, 6.07) is 5.29. The Hall–Kier alpha value is -2.35. The summed E-state index contributed by atoms with van der Waals surface area (Å²) in [4.78, 5) is 11.7. The van der Waals surface area contributed by atoms with Gasteiger partial charge in [0.1, 0.15) is 0 Å². The maximum Gasteiger partial charge on any atom is 0.277 e. The summed E-state index contributed by atoms with van der Waals surface area (Å²) in [6.45, 7) is -0.425. The van der Waals surface area contributed by atoms with Crippen LogP contribution in [-0.4, -0.2) is 34.0 Å². The quantitative estimate of drug-likeness (QED) is 0.346. The topological polar surface area (TPSA) is 111 Å². The van der Waals surface area contributed by atoms with Gasteiger partial charge in [0.05, 0.1) is 16.3 Å². The Morgan fingerprint density at radius 1 is 1.12 bits per heavy atom. The molecule has 0 saturated carbocycles. The number of amides is 1. The summed E-state index contributed by atoms with van der Waals surface area (Å²) in [5, 5.41) is 32.4. The van der Waals surface area contributed by atoms with Crippen LogP contribution in [0.15, 0.2) is 29.4 Å². The third kappa shape index (κ3) is 4.82. The Labute approximate surface area is 157 Å². The second kappa shape index (κ2) is 8.15. The number of nitrogens with zero attached hydrogens (tertiary/aromatic N) is 1. The number of ether oxygens (including phenoxy) is 1. The number of carbonyl (C=O) groups excluding carboxylic acids is 1. The lowest BCUT2D eigenvalue weighted by Crippen LogP contribution is -2.24. The summed E-state index contributed by atoms with van der Waals surface area (Å²) in [5.74, 6) is -2.27. The summed E-state index contributed by atoms with van der Waals surface area (Å²) in [7, 11) is 0. The highest BCUT2D eigenvalue weighted by Crippen LogP contribution is 2.36. The zero-order chi connectivity index (χ0) is 18.6. The Kier molecular flexibility index (Phi) is 6.19. The van der Waals surface area contributed by atoms with Crippen LogP contribution in [0.3, 0.4) is 0 Å². The van der Waals surface area contributed by atoms with Crippen LogP contribution in [0.5, 0.6) is 23.0 Å². The molecular weight excluding hydrogens is 395 g/mol. The van der Waals surface area contributed by atoms with E-state index in [9.17, 15) is 20.1 Å². The predicted molar refractivity (Wildman–Crippen MR) is 94.1 cm³/mol. The minimum atomic E-state index is -0.689. The van der Waals surface area contributed by atoms with Gasteiger partial charge in [-0.25, -0.2) is 5.43 Å². The van der Waals surface area contributed by atoms with E-state index in [0.717, 1.165) is 12.3 Å². The molecule has 0 fully saturated rings. The first-order valence-electron chi connectivity index (χ1n) is 6.62. The molecule has 0 heterocycles. The van der Waals surface area contributed by atoms with Crippen molar-refractivity contribution in [2.75, 3.05) is 6.61 Å². The van der Waals surface area contributed by atoms with Crippen molar-refractivity contribution < 1.29 is 24.9 Å². The fourth-order valence-electron chi connectivity index (χ4n) is 1.70. The molecule has 0 aliphatic heterocycles. The van der Waals surface area contributed by atoms with Crippen molar-refractivity contribution in [1.29, 1.82) is 0 Å². The molecule has 25 heavy (non-hydrogen) atoms. The Morgan fingerprint density at radius 2 is 1.76 bits per heavy atom. The maximum absolute atomic E-state index is 11.7. The monoisotopic (exact) mass is 404 g/mol. The number of hydrogen-bond acceptors (Lipinski definition) is 6. The molecule has 0 atom stereocenters. The number of phenols is 3. The van der Waals surface area contributed by atoms with Gasteiger partial charge >= 0.3 is 0 Å². The molecule has 0 bridgehead atoms. The van der Waals surface area contributed by atoms with Crippen molar-refractivity contribution in [3.05, 3.63) is 44.9 Å². The molecule has 0 radical (unpaired) electrons. The number of hydrazone groups is 1. The van der Waals surface area contributed by atoms with Crippen LogP contribution in [0.25, 0.3) is 0 Å². The van der Waals surface area contributed by atoms with E-state index in [4.69, 9.17) is 39.5 Å². The van der Waals surface area contributed by atoms with E-state index in [2.05, 4.69) is 10.5 Å². The smallest absolute Gasteiger partial charge is 0.277 e. The van der Waals surface area contributed by atoms with Crippen molar-refractivity contribution in [3.8, 4) is 23.0 Å². The van der Waals surface area contributed by atoms with Gasteiger partial charge in [-0.2, -0.15) is 5.10 Å². The predicted octanol–water partition coefficient (Wildman–Crippen LogP) is 3.29. The molecule has 0 unspecified atom stereocenters. The van der Waals surface area contributed by atoms with Gasteiger partial charge in [0.25, 0.3) is 5.91 Å². The van der Waals surface area contributed by atoms with E-state index >= 15 is 0 Å². The van der Waals surface area contributed by atoms with Crippen LogP contribution in [0, 0.1) is 0 Å². The molecule has 7 nitrogen and oxygen atoms in total. The SMILES string of the molecule is O=C(COc1c(Cl)cc(Cl)cc1Cl)N/N=C\c1ccc(O)c(O)c1O. The van der Waals surface area contributed by atoms with Gasteiger partial charge in [0, 0.05) is 10.6 Å². The molecule has 2 rings (SSSR count). The van der Waals surface area contributed by atoms with Gasteiger partial charge in [-0.1, -0.05) is 34.8 Å². The van der Waals surface area contributed by atoms with Gasteiger partial charge in [-0.3, -0.25) is 4.79 Å². The van der Waals surface area contributed by atoms with E-state index in [0.29, 0.717) is 5.02 Å². The van der Waals surface area contributed by atoms with E-state index in [1.54, 1.807) is 0 Å². The lowest BCUT2D eigenvalue weighted by molar-refractivity contribution is -0.123. The highest BCUT2D eigenvalue weighted by molar-refractivity contribution is 6.40. The number of halogens is 3. The number of benzene rings is 2. The summed E-state index contributed by atoms with van der Waals surface area (Å²) in [6.07, 6.45) is 1.08. The molecule has 0 spiro atoms. The molecule has 0 aliphatic carbocycles. The molecule has 4 N–H and O–H groups in total.